The highest BCUT2D eigenvalue weighted by atomic mass is 35.5. The SMILES string of the molecule is O=P(O)(O)CP(=O)(O)OC[C@@H]1C[C@@H](O)[C@H](c2cnc3c(NC4CCCC4)nc(Cl)nn23)O1. The Hall–Kier alpha value is -1.14. The molecule has 1 aliphatic carbocycles. The van der Waals surface area contributed by atoms with Crippen LogP contribution in [0.4, 0.5) is 5.82 Å². The summed E-state index contributed by atoms with van der Waals surface area (Å²) in [5.74, 6) is -0.813. The molecule has 1 aliphatic heterocycles. The molecule has 0 spiro atoms. The molecule has 2 aliphatic rings. The zero-order valence-electron chi connectivity index (χ0n) is 16.8. The van der Waals surface area contributed by atoms with Crippen LogP contribution in [0.2, 0.25) is 5.28 Å². The molecule has 1 unspecified atom stereocenters. The van der Waals surface area contributed by atoms with Crippen molar-refractivity contribution in [1.29, 1.82) is 0 Å². The van der Waals surface area contributed by atoms with E-state index >= 15 is 0 Å². The summed E-state index contributed by atoms with van der Waals surface area (Å²) in [5.41, 5.74) is 0.837. The molecular weight excluding hydrogens is 488 g/mol. The van der Waals surface area contributed by atoms with Crippen molar-refractivity contribution >= 4 is 38.3 Å². The second kappa shape index (κ2) is 9.25. The van der Waals surface area contributed by atoms with Crippen LogP contribution in [0, 0.1) is 0 Å². The molecule has 5 N–H and O–H groups in total. The number of aliphatic hydroxyl groups excluding tert-OH is 1. The maximum atomic E-state index is 11.8. The lowest BCUT2D eigenvalue weighted by Gasteiger charge is -2.17. The summed E-state index contributed by atoms with van der Waals surface area (Å²) in [6.45, 7) is -0.428. The summed E-state index contributed by atoms with van der Waals surface area (Å²) in [7, 11) is -9.25. The Morgan fingerprint density at radius 2 is 2.00 bits per heavy atom. The van der Waals surface area contributed by atoms with Crippen molar-refractivity contribution in [1.82, 2.24) is 19.6 Å². The van der Waals surface area contributed by atoms with Gasteiger partial charge in [0.2, 0.25) is 5.28 Å². The van der Waals surface area contributed by atoms with Gasteiger partial charge in [0.25, 0.3) is 0 Å². The van der Waals surface area contributed by atoms with Crippen molar-refractivity contribution in [2.45, 2.75) is 56.5 Å². The third-order valence-electron chi connectivity index (χ3n) is 5.37. The standard InChI is InChI=1S/C16H24ClN5O8P2/c17-16-20-14(19-9-3-1-2-4-9)15-18-6-11(22(15)21-16)13-12(23)5-10(30-13)7-29-32(27,28)8-31(24,25)26/h6,9-10,12-13,23H,1-5,7-8H2,(H,27,28)(H,19,20,21)(H2,24,25,26)/t10-,12+,13-/m0/s1. The van der Waals surface area contributed by atoms with Crippen molar-refractivity contribution in [3.63, 3.8) is 0 Å². The topological polar surface area (TPSA) is 189 Å². The number of nitrogens with one attached hydrogen (secondary N) is 1. The van der Waals surface area contributed by atoms with Crippen LogP contribution < -0.4 is 5.32 Å². The van der Waals surface area contributed by atoms with Crippen molar-refractivity contribution in [2.24, 2.45) is 0 Å². The molecule has 178 valence electrons. The number of hydrogen-bond acceptors (Lipinski definition) is 9. The number of imidazole rings is 1. The Bertz CT molecular complexity index is 1070. The monoisotopic (exact) mass is 511 g/mol. The summed E-state index contributed by atoms with van der Waals surface area (Å²) in [6.07, 6.45) is 3.20. The largest absolute Gasteiger partial charge is 0.390 e. The number of aliphatic hydroxyl groups is 1. The molecule has 32 heavy (non-hydrogen) atoms. The van der Waals surface area contributed by atoms with Crippen LogP contribution >= 0.6 is 26.8 Å². The lowest BCUT2D eigenvalue weighted by atomic mass is 10.1. The Balaban J connectivity index is 1.49. The van der Waals surface area contributed by atoms with Crippen molar-refractivity contribution < 1.29 is 38.2 Å². The summed E-state index contributed by atoms with van der Waals surface area (Å²) < 4.78 is 34.8. The molecule has 2 fully saturated rings. The average Bonchev–Trinajstić information content (AvgIpc) is 3.38. The smallest absolute Gasteiger partial charge is 0.340 e. The molecule has 2 aromatic rings. The Kier molecular flexibility index (Phi) is 6.94. The highest BCUT2D eigenvalue weighted by Gasteiger charge is 2.39. The molecule has 3 heterocycles. The number of nitrogens with zero attached hydrogens (tertiary/aromatic N) is 4. The molecule has 0 amide bonds. The van der Waals surface area contributed by atoms with Gasteiger partial charge in [0.15, 0.2) is 17.4 Å². The summed E-state index contributed by atoms with van der Waals surface area (Å²) in [5, 5.41) is 18.0. The van der Waals surface area contributed by atoms with Crippen LogP contribution in [0.3, 0.4) is 0 Å². The molecular formula is C16H24ClN5O8P2. The Morgan fingerprint density at radius 1 is 1.28 bits per heavy atom. The van der Waals surface area contributed by atoms with Gasteiger partial charge in [-0.05, 0) is 24.4 Å². The zero-order chi connectivity index (χ0) is 23.1. The van der Waals surface area contributed by atoms with Gasteiger partial charge in [-0.3, -0.25) is 9.13 Å². The molecule has 0 radical (unpaired) electrons. The maximum Gasteiger partial charge on any atom is 0.340 e. The van der Waals surface area contributed by atoms with E-state index in [1.54, 1.807) is 0 Å². The highest BCUT2D eigenvalue weighted by Crippen LogP contribution is 2.55. The maximum absolute atomic E-state index is 11.8. The van der Waals surface area contributed by atoms with Crippen LogP contribution in [0.15, 0.2) is 6.20 Å². The number of anilines is 1. The summed E-state index contributed by atoms with van der Waals surface area (Å²) in [6, 6.07) is 0.266. The van der Waals surface area contributed by atoms with E-state index in [-0.39, 0.29) is 17.7 Å². The van der Waals surface area contributed by atoms with Gasteiger partial charge in [-0.25, -0.2) is 9.50 Å². The van der Waals surface area contributed by atoms with Crippen molar-refractivity contribution in [3.8, 4) is 0 Å². The lowest BCUT2D eigenvalue weighted by Crippen LogP contribution is -2.19. The molecule has 4 atom stereocenters. The molecule has 1 saturated heterocycles. The minimum absolute atomic E-state index is 0.0109. The van der Waals surface area contributed by atoms with E-state index in [1.807, 2.05) is 0 Å². The van der Waals surface area contributed by atoms with E-state index in [9.17, 15) is 19.1 Å². The quantitative estimate of drug-likeness (QED) is 0.323. The van der Waals surface area contributed by atoms with Crippen LogP contribution in [0.5, 0.6) is 0 Å². The lowest BCUT2D eigenvalue weighted by molar-refractivity contribution is -0.0110. The molecule has 2 aromatic heterocycles. The summed E-state index contributed by atoms with van der Waals surface area (Å²) >= 11 is 6.11. The number of hydrogen-bond donors (Lipinski definition) is 5. The first-order valence-electron chi connectivity index (χ1n) is 10.0. The minimum atomic E-state index is -4.73. The van der Waals surface area contributed by atoms with Gasteiger partial charge < -0.3 is 34.4 Å². The third kappa shape index (κ3) is 5.67. The van der Waals surface area contributed by atoms with Gasteiger partial charge in [-0.2, -0.15) is 4.98 Å². The molecule has 0 bridgehead atoms. The molecule has 16 heteroatoms. The van der Waals surface area contributed by atoms with Gasteiger partial charge in [-0.1, -0.05) is 12.8 Å². The van der Waals surface area contributed by atoms with E-state index < -0.39 is 46.0 Å². The van der Waals surface area contributed by atoms with E-state index in [0.717, 1.165) is 25.7 Å². The first kappa shape index (κ1) is 24.0. The summed E-state index contributed by atoms with van der Waals surface area (Å²) in [4.78, 5) is 36.0. The van der Waals surface area contributed by atoms with E-state index in [0.29, 0.717) is 17.2 Å². The molecule has 13 nitrogen and oxygen atoms in total. The van der Waals surface area contributed by atoms with Crippen LogP contribution in [-0.4, -0.2) is 70.1 Å². The fourth-order valence-electron chi connectivity index (χ4n) is 4.02. The number of rotatable bonds is 8. The predicted molar refractivity (Wildman–Crippen MR) is 113 cm³/mol. The Morgan fingerprint density at radius 3 is 2.69 bits per heavy atom. The van der Waals surface area contributed by atoms with Gasteiger partial charge in [0.05, 0.1) is 30.7 Å². The van der Waals surface area contributed by atoms with E-state index in [4.69, 9.17) is 30.6 Å². The van der Waals surface area contributed by atoms with Gasteiger partial charge in [-0.15, -0.1) is 5.10 Å². The first-order valence-corrected chi connectivity index (χ1v) is 14.0. The van der Waals surface area contributed by atoms with Crippen LogP contribution in [0.1, 0.15) is 43.9 Å². The fraction of sp³-hybridized carbons (Fsp3) is 0.688. The number of aromatic nitrogens is 4. The van der Waals surface area contributed by atoms with E-state index in [2.05, 4.69) is 20.4 Å². The van der Waals surface area contributed by atoms with Gasteiger partial charge in [0, 0.05) is 12.5 Å². The molecule has 0 aromatic carbocycles. The predicted octanol–water partition coefficient (Wildman–Crippen LogP) is 1.66. The fourth-order valence-corrected chi connectivity index (χ4v) is 6.77. The molecule has 1 saturated carbocycles. The van der Waals surface area contributed by atoms with E-state index in [1.165, 1.54) is 10.7 Å². The second-order valence-electron chi connectivity index (χ2n) is 7.99. The zero-order valence-corrected chi connectivity index (χ0v) is 19.4. The average molecular weight is 512 g/mol. The highest BCUT2D eigenvalue weighted by molar-refractivity contribution is 7.70. The van der Waals surface area contributed by atoms with Crippen LogP contribution in [0.25, 0.3) is 5.65 Å². The number of fused-ring (bicyclic) bond motifs is 1. The van der Waals surface area contributed by atoms with Crippen molar-refractivity contribution in [3.05, 3.63) is 17.2 Å². The van der Waals surface area contributed by atoms with Crippen LogP contribution in [-0.2, 0) is 18.4 Å². The minimum Gasteiger partial charge on any atom is -0.390 e. The van der Waals surface area contributed by atoms with Gasteiger partial charge in [0.1, 0.15) is 6.10 Å². The number of halogens is 1. The second-order valence-corrected chi connectivity index (χ2v) is 12.3. The first-order chi connectivity index (χ1) is 15.0. The normalized spacial score (nSPS) is 26.6. The third-order valence-corrected chi connectivity index (χ3v) is 8.98. The molecule has 4 rings (SSSR count). The number of ether oxygens (including phenoxy) is 1. The van der Waals surface area contributed by atoms with Gasteiger partial charge >= 0.3 is 15.2 Å². The Labute approximate surface area is 187 Å². The van der Waals surface area contributed by atoms with Crippen molar-refractivity contribution in [2.75, 3.05) is 17.8 Å².